The van der Waals surface area contributed by atoms with Crippen molar-refractivity contribution in [3.05, 3.63) is 46.9 Å². The first-order valence-corrected chi connectivity index (χ1v) is 9.84. The highest BCUT2D eigenvalue weighted by atomic mass is 32.1. The number of piperidine rings is 1. The van der Waals surface area contributed by atoms with Gasteiger partial charge in [0.05, 0.1) is 6.04 Å². The number of likely N-dealkylation sites (tertiary alicyclic amines) is 1. The Hall–Kier alpha value is -2.08. The number of hydrogen-bond donors (Lipinski definition) is 1. The van der Waals surface area contributed by atoms with Crippen LogP contribution in [-0.4, -0.2) is 35.1 Å². The number of para-hydroxylation sites is 1. The molecule has 2 fully saturated rings. The molecule has 1 N–H and O–H groups in total. The topological polar surface area (TPSA) is 54.5 Å². The van der Waals surface area contributed by atoms with Crippen LogP contribution < -0.4 is 10.1 Å². The summed E-state index contributed by atoms with van der Waals surface area (Å²) in [4.78, 5) is 19.0. The zero-order valence-corrected chi connectivity index (χ0v) is 15.0. The summed E-state index contributed by atoms with van der Waals surface area (Å²) in [7, 11) is 0. The van der Waals surface area contributed by atoms with E-state index in [4.69, 9.17) is 4.74 Å². The molecule has 6 heteroatoms. The van der Waals surface area contributed by atoms with E-state index in [0.717, 1.165) is 36.7 Å². The van der Waals surface area contributed by atoms with Gasteiger partial charge in [-0.3, -0.25) is 0 Å². The van der Waals surface area contributed by atoms with Crippen LogP contribution in [0.15, 0.2) is 41.9 Å². The number of carbonyl (C=O) groups excluding carboxylic acids is 1. The Kier molecular flexibility index (Phi) is 4.88. The van der Waals surface area contributed by atoms with E-state index < -0.39 is 0 Å². The highest BCUT2D eigenvalue weighted by Gasteiger charge is 2.36. The van der Waals surface area contributed by atoms with Crippen LogP contribution in [0.5, 0.6) is 5.75 Å². The van der Waals surface area contributed by atoms with E-state index >= 15 is 0 Å². The Morgan fingerprint density at radius 2 is 1.96 bits per heavy atom. The Morgan fingerprint density at radius 3 is 2.60 bits per heavy atom. The Bertz CT molecular complexity index is 680. The van der Waals surface area contributed by atoms with Gasteiger partial charge in [-0.25, -0.2) is 9.78 Å². The first-order valence-electron chi connectivity index (χ1n) is 8.96. The summed E-state index contributed by atoms with van der Waals surface area (Å²) in [5.74, 6) is 1.46. The second-order valence-electron chi connectivity index (χ2n) is 6.75. The molecule has 1 saturated heterocycles. The lowest BCUT2D eigenvalue weighted by Gasteiger charge is -2.33. The van der Waals surface area contributed by atoms with Crippen LogP contribution in [0.25, 0.3) is 0 Å². The minimum absolute atomic E-state index is 0.0326. The third kappa shape index (κ3) is 4.12. The number of urea groups is 1. The number of amides is 2. The standard InChI is InChI=1S/C19H23N3O2S/c23-19(21-17(14-6-7-14)18-20-10-13-25-18)22-11-8-16(9-12-22)24-15-4-2-1-3-5-15/h1-5,10,13-14,16-17H,6-9,11-12H2,(H,21,23). The van der Waals surface area contributed by atoms with Crippen LogP contribution in [-0.2, 0) is 0 Å². The molecule has 132 valence electrons. The van der Waals surface area contributed by atoms with Gasteiger partial charge < -0.3 is 15.0 Å². The van der Waals surface area contributed by atoms with Crippen molar-refractivity contribution in [2.45, 2.75) is 37.8 Å². The smallest absolute Gasteiger partial charge is 0.317 e. The van der Waals surface area contributed by atoms with Crippen LogP contribution in [0.3, 0.4) is 0 Å². The monoisotopic (exact) mass is 357 g/mol. The van der Waals surface area contributed by atoms with E-state index in [1.807, 2.05) is 46.8 Å². The molecular formula is C19H23N3O2S. The number of aromatic nitrogens is 1. The number of benzene rings is 1. The first-order chi connectivity index (χ1) is 12.3. The maximum absolute atomic E-state index is 12.7. The van der Waals surface area contributed by atoms with E-state index in [-0.39, 0.29) is 18.2 Å². The van der Waals surface area contributed by atoms with Gasteiger partial charge in [0.25, 0.3) is 0 Å². The van der Waals surface area contributed by atoms with Crippen molar-refractivity contribution < 1.29 is 9.53 Å². The Balaban J connectivity index is 1.29. The van der Waals surface area contributed by atoms with E-state index in [0.29, 0.717) is 5.92 Å². The molecule has 0 bridgehead atoms. The van der Waals surface area contributed by atoms with Crippen LogP contribution in [0, 0.1) is 5.92 Å². The van der Waals surface area contributed by atoms with E-state index in [9.17, 15) is 4.79 Å². The summed E-state index contributed by atoms with van der Waals surface area (Å²) >= 11 is 1.63. The van der Waals surface area contributed by atoms with Gasteiger partial charge in [0.2, 0.25) is 0 Å². The average molecular weight is 357 g/mol. The Morgan fingerprint density at radius 1 is 1.20 bits per heavy atom. The Labute approximate surface area is 152 Å². The lowest BCUT2D eigenvalue weighted by Crippen LogP contribution is -2.47. The molecule has 0 spiro atoms. The van der Waals surface area contributed by atoms with Gasteiger partial charge in [0, 0.05) is 37.5 Å². The molecule has 1 aliphatic carbocycles. The summed E-state index contributed by atoms with van der Waals surface area (Å²) in [6.07, 6.45) is 6.09. The number of rotatable bonds is 5. The van der Waals surface area contributed by atoms with Crippen molar-refractivity contribution in [2.75, 3.05) is 13.1 Å². The molecule has 1 aromatic carbocycles. The van der Waals surface area contributed by atoms with Crippen molar-refractivity contribution in [3.8, 4) is 5.75 Å². The summed E-state index contributed by atoms with van der Waals surface area (Å²) in [6, 6.07) is 10.0. The molecule has 2 heterocycles. The number of nitrogens with one attached hydrogen (secondary N) is 1. The maximum atomic E-state index is 12.7. The maximum Gasteiger partial charge on any atom is 0.317 e. The number of nitrogens with zero attached hydrogens (tertiary/aromatic N) is 2. The average Bonchev–Trinajstić information content (AvgIpc) is 3.34. The molecule has 5 nitrogen and oxygen atoms in total. The van der Waals surface area contributed by atoms with Crippen molar-refractivity contribution in [3.63, 3.8) is 0 Å². The molecule has 25 heavy (non-hydrogen) atoms. The quantitative estimate of drug-likeness (QED) is 0.884. The van der Waals surface area contributed by atoms with Crippen LogP contribution in [0.4, 0.5) is 4.79 Å². The molecular weight excluding hydrogens is 334 g/mol. The zero-order chi connectivity index (χ0) is 17.1. The van der Waals surface area contributed by atoms with E-state index in [1.165, 1.54) is 12.8 Å². The summed E-state index contributed by atoms with van der Waals surface area (Å²) in [5.41, 5.74) is 0. The van der Waals surface area contributed by atoms with Crippen LogP contribution in [0.2, 0.25) is 0 Å². The minimum Gasteiger partial charge on any atom is -0.490 e. The second kappa shape index (κ2) is 7.44. The van der Waals surface area contributed by atoms with Crippen molar-refractivity contribution in [1.82, 2.24) is 15.2 Å². The number of hydrogen-bond acceptors (Lipinski definition) is 4. The van der Waals surface area contributed by atoms with Gasteiger partial charge in [-0.1, -0.05) is 18.2 Å². The number of ether oxygens (including phenoxy) is 1. The molecule has 1 aromatic heterocycles. The van der Waals surface area contributed by atoms with Gasteiger partial charge in [-0.2, -0.15) is 0 Å². The molecule has 4 rings (SSSR count). The van der Waals surface area contributed by atoms with Crippen molar-refractivity contribution in [1.29, 1.82) is 0 Å². The molecule has 2 amide bonds. The van der Waals surface area contributed by atoms with E-state index in [1.54, 1.807) is 11.3 Å². The lowest BCUT2D eigenvalue weighted by atomic mass is 10.1. The summed E-state index contributed by atoms with van der Waals surface area (Å²) in [6.45, 7) is 1.47. The third-order valence-electron chi connectivity index (χ3n) is 4.87. The van der Waals surface area contributed by atoms with Gasteiger partial charge in [-0.15, -0.1) is 11.3 Å². The molecule has 2 aromatic rings. The van der Waals surface area contributed by atoms with E-state index in [2.05, 4.69) is 10.3 Å². The molecule has 1 unspecified atom stereocenters. The molecule has 1 saturated carbocycles. The van der Waals surface area contributed by atoms with Gasteiger partial charge in [0.15, 0.2) is 0 Å². The number of carbonyl (C=O) groups is 1. The third-order valence-corrected chi connectivity index (χ3v) is 5.72. The fourth-order valence-electron chi connectivity index (χ4n) is 3.29. The zero-order valence-electron chi connectivity index (χ0n) is 14.1. The minimum atomic E-state index is 0.0326. The fourth-order valence-corrected chi connectivity index (χ4v) is 4.07. The molecule has 0 radical (unpaired) electrons. The predicted molar refractivity (Wildman–Crippen MR) is 97.8 cm³/mol. The molecule has 1 aliphatic heterocycles. The fraction of sp³-hybridized carbons (Fsp3) is 0.474. The highest BCUT2D eigenvalue weighted by Crippen LogP contribution is 2.41. The second-order valence-corrected chi connectivity index (χ2v) is 7.68. The summed E-state index contributed by atoms with van der Waals surface area (Å²) in [5, 5.41) is 6.21. The first kappa shape index (κ1) is 16.4. The van der Waals surface area contributed by atoms with Gasteiger partial charge in [0.1, 0.15) is 16.9 Å². The predicted octanol–water partition coefficient (Wildman–Crippen LogP) is 3.85. The number of thiazole rings is 1. The lowest BCUT2D eigenvalue weighted by molar-refractivity contribution is 0.109. The van der Waals surface area contributed by atoms with Gasteiger partial charge >= 0.3 is 6.03 Å². The summed E-state index contributed by atoms with van der Waals surface area (Å²) < 4.78 is 6.00. The highest BCUT2D eigenvalue weighted by molar-refractivity contribution is 7.09. The molecule has 2 aliphatic rings. The van der Waals surface area contributed by atoms with Crippen molar-refractivity contribution >= 4 is 17.4 Å². The van der Waals surface area contributed by atoms with Crippen LogP contribution >= 0.6 is 11.3 Å². The van der Waals surface area contributed by atoms with Crippen LogP contribution in [0.1, 0.15) is 36.7 Å². The SMILES string of the molecule is O=C(NC(c1nccs1)C1CC1)N1CCC(Oc2ccccc2)CC1. The molecule has 1 atom stereocenters. The normalized spacial score (nSPS) is 19.4. The van der Waals surface area contributed by atoms with Crippen molar-refractivity contribution in [2.24, 2.45) is 5.92 Å². The van der Waals surface area contributed by atoms with Gasteiger partial charge in [-0.05, 0) is 30.9 Å². The largest absolute Gasteiger partial charge is 0.490 e.